The van der Waals surface area contributed by atoms with Gasteiger partial charge in [-0.25, -0.2) is 4.98 Å². The van der Waals surface area contributed by atoms with Gasteiger partial charge in [-0.3, -0.25) is 19.1 Å². The summed E-state index contributed by atoms with van der Waals surface area (Å²) in [5.41, 5.74) is 2.03. The Morgan fingerprint density at radius 1 is 0.969 bits per heavy atom. The molecule has 1 amide bonds. The van der Waals surface area contributed by atoms with E-state index in [9.17, 15) is 9.59 Å². The number of piperazine rings is 1. The molecule has 1 aromatic carbocycles. The van der Waals surface area contributed by atoms with Gasteiger partial charge in [-0.1, -0.05) is 19.3 Å². The first-order valence-corrected chi connectivity index (χ1v) is 12.3. The van der Waals surface area contributed by atoms with Crippen molar-refractivity contribution < 1.29 is 4.79 Å². The van der Waals surface area contributed by atoms with Crippen LogP contribution in [0.15, 0.2) is 29.3 Å². The molecule has 0 bridgehead atoms. The van der Waals surface area contributed by atoms with Gasteiger partial charge in [0.25, 0.3) is 5.56 Å². The minimum Gasteiger partial charge on any atom is -0.369 e. The van der Waals surface area contributed by atoms with Gasteiger partial charge in [0.2, 0.25) is 5.91 Å². The van der Waals surface area contributed by atoms with Gasteiger partial charge >= 0.3 is 0 Å². The van der Waals surface area contributed by atoms with Gasteiger partial charge in [0.1, 0.15) is 0 Å². The van der Waals surface area contributed by atoms with Crippen LogP contribution in [0.4, 0.5) is 5.69 Å². The molecule has 32 heavy (non-hydrogen) atoms. The minimum absolute atomic E-state index is 0.0975. The van der Waals surface area contributed by atoms with Gasteiger partial charge in [0, 0.05) is 64.0 Å². The van der Waals surface area contributed by atoms with E-state index in [1.807, 2.05) is 22.6 Å². The summed E-state index contributed by atoms with van der Waals surface area (Å²) in [4.78, 5) is 36.7. The number of carbonyl (C=O) groups is 1. The van der Waals surface area contributed by atoms with Crippen LogP contribution in [0.2, 0.25) is 0 Å². The number of anilines is 1. The molecule has 0 spiro atoms. The lowest BCUT2D eigenvalue weighted by molar-refractivity contribution is -0.131. The van der Waals surface area contributed by atoms with Crippen LogP contribution in [0, 0.1) is 0 Å². The van der Waals surface area contributed by atoms with E-state index >= 15 is 0 Å². The maximum absolute atomic E-state index is 13.0. The van der Waals surface area contributed by atoms with Crippen molar-refractivity contribution >= 4 is 22.5 Å². The van der Waals surface area contributed by atoms with Gasteiger partial charge < -0.3 is 9.80 Å². The molecular formula is C25H35N5O2. The van der Waals surface area contributed by atoms with Crippen molar-refractivity contribution in [2.24, 2.45) is 0 Å². The first-order valence-electron chi connectivity index (χ1n) is 12.3. The van der Waals surface area contributed by atoms with E-state index in [-0.39, 0.29) is 5.56 Å². The SMILES string of the molecule is CN1C(=O)CCCCC1CN1CCN(c2ccc3c(=O)n(C4CCCC4)cnc3c2)CC1. The van der Waals surface area contributed by atoms with Crippen LogP contribution in [0.1, 0.15) is 57.4 Å². The molecular weight excluding hydrogens is 402 g/mol. The number of hydrogen-bond donors (Lipinski definition) is 0. The number of amides is 1. The van der Waals surface area contributed by atoms with Crippen LogP contribution in [-0.2, 0) is 4.79 Å². The smallest absolute Gasteiger partial charge is 0.261 e. The van der Waals surface area contributed by atoms with Gasteiger partial charge in [-0.2, -0.15) is 0 Å². The summed E-state index contributed by atoms with van der Waals surface area (Å²) >= 11 is 0. The Labute approximate surface area is 190 Å². The van der Waals surface area contributed by atoms with Crippen molar-refractivity contribution in [2.75, 3.05) is 44.7 Å². The van der Waals surface area contributed by atoms with Crippen LogP contribution in [0.25, 0.3) is 10.9 Å². The van der Waals surface area contributed by atoms with Gasteiger partial charge in [0.15, 0.2) is 0 Å². The van der Waals surface area contributed by atoms with Crippen LogP contribution in [-0.4, -0.2) is 71.1 Å². The summed E-state index contributed by atoms with van der Waals surface area (Å²) < 4.78 is 1.85. The lowest BCUT2D eigenvalue weighted by atomic mass is 10.1. The predicted molar refractivity (Wildman–Crippen MR) is 127 cm³/mol. The van der Waals surface area contributed by atoms with Crippen molar-refractivity contribution in [1.82, 2.24) is 19.4 Å². The van der Waals surface area contributed by atoms with E-state index in [4.69, 9.17) is 0 Å². The maximum atomic E-state index is 13.0. The molecule has 172 valence electrons. The average molecular weight is 438 g/mol. The predicted octanol–water partition coefficient (Wildman–Crippen LogP) is 3.03. The van der Waals surface area contributed by atoms with E-state index in [1.54, 1.807) is 6.33 Å². The summed E-state index contributed by atoms with van der Waals surface area (Å²) in [5.74, 6) is 0.293. The third-order valence-electron chi connectivity index (χ3n) is 7.81. The second-order valence-electron chi connectivity index (χ2n) is 9.79. The van der Waals surface area contributed by atoms with Crippen LogP contribution in [0.5, 0.6) is 0 Å². The van der Waals surface area contributed by atoms with E-state index in [0.717, 1.165) is 81.4 Å². The molecule has 1 unspecified atom stereocenters. The Morgan fingerprint density at radius 2 is 1.72 bits per heavy atom. The first-order chi connectivity index (χ1) is 15.6. The quantitative estimate of drug-likeness (QED) is 0.736. The summed E-state index contributed by atoms with van der Waals surface area (Å²) in [7, 11) is 1.97. The Bertz CT molecular complexity index is 1020. The molecule has 5 rings (SSSR count). The number of rotatable bonds is 4. The van der Waals surface area contributed by atoms with Gasteiger partial charge in [-0.05, 0) is 43.9 Å². The fraction of sp³-hybridized carbons (Fsp3) is 0.640. The highest BCUT2D eigenvalue weighted by atomic mass is 16.2. The lowest BCUT2D eigenvalue weighted by Gasteiger charge is -2.39. The van der Waals surface area contributed by atoms with Crippen molar-refractivity contribution in [3.8, 4) is 0 Å². The van der Waals surface area contributed by atoms with Gasteiger partial charge in [-0.15, -0.1) is 0 Å². The minimum atomic E-state index is 0.0975. The second kappa shape index (κ2) is 9.22. The Balaban J connectivity index is 1.24. The Morgan fingerprint density at radius 3 is 2.50 bits per heavy atom. The molecule has 1 atom stereocenters. The van der Waals surface area contributed by atoms with E-state index < -0.39 is 0 Å². The summed E-state index contributed by atoms with van der Waals surface area (Å²) in [6.07, 6.45) is 10.3. The second-order valence-corrected chi connectivity index (χ2v) is 9.79. The highest BCUT2D eigenvalue weighted by Gasteiger charge is 2.27. The molecule has 3 heterocycles. The number of likely N-dealkylation sites (N-methyl/N-ethyl adjacent to an activating group) is 1. The third kappa shape index (κ3) is 4.27. The van der Waals surface area contributed by atoms with Crippen molar-refractivity contribution in [3.63, 3.8) is 0 Å². The molecule has 0 N–H and O–H groups in total. The van der Waals surface area contributed by atoms with E-state index in [0.29, 0.717) is 24.4 Å². The fourth-order valence-corrected chi connectivity index (χ4v) is 5.69. The van der Waals surface area contributed by atoms with E-state index in [1.165, 1.54) is 12.8 Å². The molecule has 0 radical (unpaired) electrons. The largest absolute Gasteiger partial charge is 0.369 e. The number of likely N-dealkylation sites (tertiary alicyclic amines) is 1. The van der Waals surface area contributed by atoms with Crippen LogP contribution in [0.3, 0.4) is 0 Å². The molecule has 3 aliphatic rings. The molecule has 7 nitrogen and oxygen atoms in total. The lowest BCUT2D eigenvalue weighted by Crippen LogP contribution is -2.51. The summed E-state index contributed by atoms with van der Waals surface area (Å²) in [6, 6.07) is 6.77. The fourth-order valence-electron chi connectivity index (χ4n) is 5.69. The van der Waals surface area contributed by atoms with Crippen molar-refractivity contribution in [2.45, 2.75) is 63.5 Å². The molecule has 2 saturated heterocycles. The normalized spacial score (nSPS) is 23.8. The molecule has 2 aliphatic heterocycles. The zero-order chi connectivity index (χ0) is 22.1. The third-order valence-corrected chi connectivity index (χ3v) is 7.81. The van der Waals surface area contributed by atoms with Crippen LogP contribution < -0.4 is 10.5 Å². The topological polar surface area (TPSA) is 61.7 Å². The van der Waals surface area contributed by atoms with Crippen molar-refractivity contribution in [1.29, 1.82) is 0 Å². The molecule has 3 fully saturated rings. The summed E-state index contributed by atoms with van der Waals surface area (Å²) in [5, 5.41) is 0.725. The van der Waals surface area contributed by atoms with Crippen molar-refractivity contribution in [3.05, 3.63) is 34.9 Å². The zero-order valence-electron chi connectivity index (χ0n) is 19.2. The molecule has 2 aromatic rings. The average Bonchev–Trinajstić information content (AvgIpc) is 3.30. The highest BCUT2D eigenvalue weighted by molar-refractivity contribution is 5.81. The first kappa shape index (κ1) is 21.4. The molecule has 1 aromatic heterocycles. The number of benzene rings is 1. The number of aromatic nitrogens is 2. The zero-order valence-corrected chi connectivity index (χ0v) is 19.2. The maximum Gasteiger partial charge on any atom is 0.261 e. The van der Waals surface area contributed by atoms with E-state index in [2.05, 4.69) is 26.9 Å². The highest BCUT2D eigenvalue weighted by Crippen LogP contribution is 2.29. The molecule has 1 aliphatic carbocycles. The number of fused-ring (bicyclic) bond motifs is 1. The van der Waals surface area contributed by atoms with Gasteiger partial charge in [0.05, 0.1) is 17.2 Å². The Hall–Kier alpha value is -2.41. The number of hydrogen-bond acceptors (Lipinski definition) is 5. The molecule has 7 heteroatoms. The Kier molecular flexibility index (Phi) is 6.17. The number of carbonyl (C=O) groups excluding carboxylic acids is 1. The number of nitrogens with zero attached hydrogens (tertiary/aromatic N) is 5. The monoisotopic (exact) mass is 437 g/mol. The summed E-state index contributed by atoms with van der Waals surface area (Å²) in [6.45, 7) is 4.86. The molecule has 1 saturated carbocycles. The standard InChI is InChI=1S/C25H35N5O2/c1-27-21(8-4-5-9-24(27)31)17-28-12-14-29(15-13-28)20-10-11-22-23(16-20)26-18-30(25(22)32)19-6-2-3-7-19/h10-11,16,18-19,21H,2-9,12-15,17H2,1H3. The van der Waals surface area contributed by atoms with Crippen LogP contribution >= 0.6 is 0 Å².